The summed E-state index contributed by atoms with van der Waals surface area (Å²) in [4.78, 5) is 25.5. The van der Waals surface area contributed by atoms with E-state index < -0.39 is 15.9 Å². The van der Waals surface area contributed by atoms with Gasteiger partial charge in [-0.05, 0) is 29.9 Å². The van der Waals surface area contributed by atoms with Gasteiger partial charge in [0, 0.05) is 32.4 Å². The second kappa shape index (κ2) is 9.53. The minimum atomic E-state index is -3.16. The molecule has 2 heterocycles. The van der Waals surface area contributed by atoms with Crippen LogP contribution < -0.4 is 4.90 Å². The highest BCUT2D eigenvalue weighted by molar-refractivity contribution is 7.99. The van der Waals surface area contributed by atoms with Crippen LogP contribution in [-0.2, 0) is 16.4 Å². The first kappa shape index (κ1) is 22.8. The van der Waals surface area contributed by atoms with Crippen LogP contribution in [0.15, 0.2) is 35.6 Å². The van der Waals surface area contributed by atoms with E-state index in [1.807, 2.05) is 50.2 Å². The van der Waals surface area contributed by atoms with E-state index in [4.69, 9.17) is 11.6 Å². The Kier molecular flexibility index (Phi) is 7.26. The highest BCUT2D eigenvalue weighted by Gasteiger charge is 2.36. The molecule has 0 spiro atoms. The van der Waals surface area contributed by atoms with Gasteiger partial charge in [-0.3, -0.25) is 4.79 Å². The zero-order valence-electron chi connectivity index (χ0n) is 17.2. The normalized spacial score (nSPS) is 17.7. The monoisotopic (exact) mass is 468 g/mol. The summed E-state index contributed by atoms with van der Waals surface area (Å²) in [6.45, 7) is 2.25. The van der Waals surface area contributed by atoms with Crippen LogP contribution in [0, 0.1) is 0 Å². The third-order valence-corrected chi connectivity index (χ3v) is 7.68. The Hall–Kier alpha value is -1.84. The molecule has 1 aromatic carbocycles. The first-order valence-electron chi connectivity index (χ1n) is 9.63. The van der Waals surface area contributed by atoms with E-state index in [0.717, 1.165) is 17.0 Å². The van der Waals surface area contributed by atoms with Crippen LogP contribution in [0.1, 0.15) is 29.4 Å². The quantitative estimate of drug-likeness (QED) is 0.456. The maximum Gasteiger partial charge on any atom is 0.274 e. The number of carbonyl (C=O) groups excluding carboxylic acids is 1. The number of sulfone groups is 1. The second-order valence-corrected chi connectivity index (χ2v) is 11.2. The van der Waals surface area contributed by atoms with Crippen molar-refractivity contribution in [3.05, 3.63) is 46.7 Å². The topological polar surface area (TPSA) is 83.5 Å². The largest absolute Gasteiger partial charge is 0.378 e. The molecule has 162 valence electrons. The van der Waals surface area contributed by atoms with Gasteiger partial charge in [0.25, 0.3) is 5.91 Å². The van der Waals surface area contributed by atoms with Gasteiger partial charge in [-0.1, -0.05) is 42.4 Å². The van der Waals surface area contributed by atoms with Gasteiger partial charge in [-0.15, -0.1) is 0 Å². The van der Waals surface area contributed by atoms with Crippen LogP contribution in [0.3, 0.4) is 0 Å². The zero-order valence-corrected chi connectivity index (χ0v) is 19.6. The Morgan fingerprint density at radius 1 is 1.27 bits per heavy atom. The van der Waals surface area contributed by atoms with E-state index in [9.17, 15) is 13.2 Å². The van der Waals surface area contributed by atoms with Crippen molar-refractivity contribution in [3.8, 4) is 0 Å². The van der Waals surface area contributed by atoms with Gasteiger partial charge in [0.2, 0.25) is 0 Å². The van der Waals surface area contributed by atoms with Crippen molar-refractivity contribution >= 4 is 44.8 Å². The lowest BCUT2D eigenvalue weighted by molar-refractivity contribution is 0.0674. The molecule has 10 heteroatoms. The van der Waals surface area contributed by atoms with Gasteiger partial charge < -0.3 is 9.80 Å². The number of aromatic nitrogens is 2. The predicted molar refractivity (Wildman–Crippen MR) is 121 cm³/mol. The van der Waals surface area contributed by atoms with Crippen molar-refractivity contribution in [2.24, 2.45) is 0 Å². The summed E-state index contributed by atoms with van der Waals surface area (Å²) in [7, 11) is 0.747. The first-order valence-corrected chi connectivity index (χ1v) is 12.8. The van der Waals surface area contributed by atoms with E-state index >= 15 is 0 Å². The molecule has 7 nitrogen and oxygen atoms in total. The van der Waals surface area contributed by atoms with Crippen LogP contribution in [0.2, 0.25) is 5.02 Å². The lowest BCUT2D eigenvalue weighted by Crippen LogP contribution is -2.41. The fraction of sp³-hybridized carbons (Fsp3) is 0.450. The minimum absolute atomic E-state index is 0.0478. The number of nitrogens with zero attached hydrogens (tertiary/aromatic N) is 4. The molecule has 1 aromatic heterocycles. The van der Waals surface area contributed by atoms with Crippen molar-refractivity contribution in [3.63, 3.8) is 0 Å². The Morgan fingerprint density at radius 2 is 1.97 bits per heavy atom. The number of hydrogen-bond donors (Lipinski definition) is 0. The van der Waals surface area contributed by atoms with Gasteiger partial charge in [0.1, 0.15) is 0 Å². The summed E-state index contributed by atoms with van der Waals surface area (Å²) >= 11 is 7.67. The van der Waals surface area contributed by atoms with Gasteiger partial charge >= 0.3 is 0 Å². The van der Waals surface area contributed by atoms with Crippen molar-refractivity contribution in [1.82, 2.24) is 14.9 Å². The molecule has 30 heavy (non-hydrogen) atoms. The standard InChI is InChI=1S/C20H25ClN4O3S2/c1-4-29-20-22-11-17(21)18(23-20)19(26)25(16-9-10-30(27,28)13-16)12-14-5-7-15(8-6-14)24(2)3/h5-8,11,16H,4,9-10,12-13H2,1-3H3/t16-/m1/s1. The van der Waals surface area contributed by atoms with Gasteiger partial charge in [-0.25, -0.2) is 18.4 Å². The van der Waals surface area contributed by atoms with Crippen LogP contribution in [0.5, 0.6) is 0 Å². The number of rotatable bonds is 7. The highest BCUT2D eigenvalue weighted by atomic mass is 35.5. The van der Waals surface area contributed by atoms with Crippen LogP contribution in [0.4, 0.5) is 5.69 Å². The van der Waals surface area contributed by atoms with Gasteiger partial charge in [0.05, 0.1) is 22.7 Å². The summed E-state index contributed by atoms with van der Waals surface area (Å²) in [6, 6.07) is 7.41. The predicted octanol–water partition coefficient (Wildman–Crippen LogP) is 3.14. The zero-order chi connectivity index (χ0) is 21.9. The summed E-state index contributed by atoms with van der Waals surface area (Å²) < 4.78 is 24.2. The summed E-state index contributed by atoms with van der Waals surface area (Å²) in [5.74, 6) is 0.417. The summed E-state index contributed by atoms with van der Waals surface area (Å²) in [5.41, 5.74) is 2.06. The average molecular weight is 469 g/mol. The molecule has 0 saturated carbocycles. The third kappa shape index (κ3) is 5.44. The lowest BCUT2D eigenvalue weighted by atomic mass is 10.1. The lowest BCUT2D eigenvalue weighted by Gasteiger charge is -2.28. The van der Waals surface area contributed by atoms with Crippen LogP contribution in [0.25, 0.3) is 0 Å². The fourth-order valence-electron chi connectivity index (χ4n) is 3.32. The molecule has 2 aromatic rings. The molecule has 0 unspecified atom stereocenters. The number of hydrogen-bond acceptors (Lipinski definition) is 7. The van der Waals surface area contributed by atoms with E-state index in [1.165, 1.54) is 18.0 Å². The van der Waals surface area contributed by atoms with E-state index in [0.29, 0.717) is 11.6 Å². The van der Waals surface area contributed by atoms with Gasteiger partial charge in [0.15, 0.2) is 20.7 Å². The van der Waals surface area contributed by atoms with E-state index in [2.05, 4.69) is 9.97 Å². The Labute approximate surface area is 186 Å². The molecule has 0 aliphatic carbocycles. The minimum Gasteiger partial charge on any atom is -0.378 e. The second-order valence-electron chi connectivity index (χ2n) is 7.33. The van der Waals surface area contributed by atoms with E-state index in [-0.39, 0.29) is 34.7 Å². The van der Waals surface area contributed by atoms with E-state index in [1.54, 1.807) is 4.90 Å². The number of amides is 1. The number of benzene rings is 1. The molecule has 3 rings (SSSR count). The summed E-state index contributed by atoms with van der Waals surface area (Å²) in [5, 5.41) is 0.633. The highest BCUT2D eigenvalue weighted by Crippen LogP contribution is 2.26. The van der Waals surface area contributed by atoms with Crippen LogP contribution in [-0.4, -0.2) is 66.6 Å². The number of thioether (sulfide) groups is 1. The molecule has 0 radical (unpaired) electrons. The Balaban J connectivity index is 1.93. The van der Waals surface area contributed by atoms with Crippen molar-refractivity contribution in [2.45, 2.75) is 31.1 Å². The summed E-state index contributed by atoms with van der Waals surface area (Å²) in [6.07, 6.45) is 1.83. The molecule has 1 atom stereocenters. The van der Waals surface area contributed by atoms with Crippen molar-refractivity contribution < 1.29 is 13.2 Å². The Bertz CT molecular complexity index is 1010. The fourth-order valence-corrected chi connectivity index (χ4v) is 5.76. The first-order chi connectivity index (χ1) is 14.2. The average Bonchev–Trinajstić information content (AvgIpc) is 3.07. The maximum absolute atomic E-state index is 13.4. The smallest absolute Gasteiger partial charge is 0.274 e. The third-order valence-electron chi connectivity index (χ3n) is 4.91. The number of anilines is 1. The molecular formula is C20H25ClN4O3S2. The molecular weight excluding hydrogens is 444 g/mol. The molecule has 1 aliphatic rings. The van der Waals surface area contributed by atoms with Crippen LogP contribution >= 0.6 is 23.4 Å². The SMILES string of the molecule is CCSc1ncc(Cl)c(C(=O)N(Cc2ccc(N(C)C)cc2)[C@@H]2CCS(=O)(=O)C2)n1. The molecule has 0 bridgehead atoms. The molecule has 1 saturated heterocycles. The van der Waals surface area contributed by atoms with Crippen molar-refractivity contribution in [1.29, 1.82) is 0 Å². The number of halogens is 1. The van der Waals surface area contributed by atoms with Gasteiger partial charge in [-0.2, -0.15) is 0 Å². The molecule has 1 amide bonds. The maximum atomic E-state index is 13.4. The van der Waals surface area contributed by atoms with Crippen molar-refractivity contribution in [2.75, 3.05) is 36.3 Å². The Morgan fingerprint density at radius 3 is 2.53 bits per heavy atom. The number of carbonyl (C=O) groups is 1. The molecule has 1 fully saturated rings. The molecule has 1 aliphatic heterocycles. The molecule has 0 N–H and O–H groups in total.